The molecule has 0 radical (unpaired) electrons. The molecule has 0 heterocycles. The topological polar surface area (TPSA) is 67.4 Å². The Labute approximate surface area is 185 Å². The number of ether oxygens (including phenoxy) is 1. The van der Waals surface area contributed by atoms with Crippen LogP contribution in [0.2, 0.25) is 0 Å². The molecule has 0 saturated heterocycles. The van der Waals surface area contributed by atoms with E-state index in [1.807, 2.05) is 38.1 Å². The second-order valence-corrected chi connectivity index (χ2v) is 8.08. The van der Waals surface area contributed by atoms with Crippen molar-refractivity contribution in [3.8, 4) is 5.75 Å². The average Bonchev–Trinajstić information content (AvgIpc) is 2.76. The van der Waals surface area contributed by atoms with E-state index < -0.39 is 5.82 Å². The Balaban J connectivity index is 1.63. The highest BCUT2D eigenvalue weighted by Gasteiger charge is 2.17. The number of carbonyl (C=O) groups excluding carboxylic acids is 2. The lowest BCUT2D eigenvalue weighted by Crippen LogP contribution is -2.22. The highest BCUT2D eigenvalue weighted by Crippen LogP contribution is 2.29. The van der Waals surface area contributed by atoms with E-state index in [1.165, 1.54) is 36.0 Å². The van der Waals surface area contributed by atoms with Crippen molar-refractivity contribution in [3.05, 3.63) is 84.2 Å². The normalized spacial score (nSPS) is 11.5. The lowest BCUT2D eigenvalue weighted by molar-refractivity contribution is -0.115. The Bertz CT molecular complexity index is 1060. The second-order valence-electron chi connectivity index (χ2n) is 6.67. The first-order chi connectivity index (χ1) is 15.0. The van der Waals surface area contributed by atoms with Gasteiger partial charge in [-0.1, -0.05) is 18.2 Å². The Morgan fingerprint density at radius 3 is 2.48 bits per heavy atom. The van der Waals surface area contributed by atoms with Crippen molar-refractivity contribution in [2.75, 3.05) is 17.2 Å². The molecule has 31 heavy (non-hydrogen) atoms. The summed E-state index contributed by atoms with van der Waals surface area (Å²) in [5.41, 5.74) is 1.58. The molecular weight excluding hydrogens is 415 g/mol. The number of rotatable bonds is 8. The number of amides is 2. The molecule has 0 aromatic heterocycles. The molecule has 3 rings (SSSR count). The maximum Gasteiger partial charge on any atom is 0.255 e. The van der Waals surface area contributed by atoms with Crippen LogP contribution < -0.4 is 15.4 Å². The Morgan fingerprint density at radius 2 is 1.74 bits per heavy atom. The summed E-state index contributed by atoms with van der Waals surface area (Å²) in [7, 11) is 0. The Hall–Kier alpha value is -3.32. The van der Waals surface area contributed by atoms with Crippen LogP contribution in [0, 0.1) is 5.82 Å². The van der Waals surface area contributed by atoms with E-state index >= 15 is 0 Å². The summed E-state index contributed by atoms with van der Waals surface area (Å²) in [5, 5.41) is 5.32. The van der Waals surface area contributed by atoms with E-state index in [0.29, 0.717) is 29.3 Å². The molecule has 0 bridgehead atoms. The van der Waals surface area contributed by atoms with Gasteiger partial charge in [-0.05, 0) is 68.4 Å². The molecule has 0 aliphatic rings. The number of hydrogen-bond acceptors (Lipinski definition) is 4. The molecule has 7 heteroatoms. The molecule has 0 spiro atoms. The van der Waals surface area contributed by atoms with Crippen molar-refractivity contribution in [3.63, 3.8) is 0 Å². The minimum atomic E-state index is -0.397. The summed E-state index contributed by atoms with van der Waals surface area (Å²) in [6.07, 6.45) is 0. The van der Waals surface area contributed by atoms with Gasteiger partial charge in [-0.15, -0.1) is 11.8 Å². The zero-order valence-corrected chi connectivity index (χ0v) is 18.0. The molecule has 1 atom stereocenters. The first-order valence-corrected chi connectivity index (χ1v) is 10.7. The van der Waals surface area contributed by atoms with Crippen LogP contribution in [0.15, 0.2) is 77.7 Å². The molecule has 2 amide bonds. The summed E-state index contributed by atoms with van der Waals surface area (Å²) >= 11 is 1.38. The average molecular weight is 439 g/mol. The van der Waals surface area contributed by atoms with Crippen LogP contribution in [0.25, 0.3) is 0 Å². The Kier molecular flexibility index (Phi) is 7.67. The highest BCUT2D eigenvalue weighted by molar-refractivity contribution is 8.00. The molecule has 5 nitrogen and oxygen atoms in total. The third-order valence-corrected chi connectivity index (χ3v) is 5.42. The van der Waals surface area contributed by atoms with Gasteiger partial charge in [0.25, 0.3) is 5.91 Å². The summed E-state index contributed by atoms with van der Waals surface area (Å²) in [6, 6.07) is 19.9. The molecule has 0 aliphatic carbocycles. The fourth-order valence-electron chi connectivity index (χ4n) is 2.79. The van der Waals surface area contributed by atoms with Crippen LogP contribution in [0.3, 0.4) is 0 Å². The molecule has 2 N–H and O–H groups in total. The van der Waals surface area contributed by atoms with Crippen LogP contribution in [-0.4, -0.2) is 23.7 Å². The van der Waals surface area contributed by atoms with Crippen LogP contribution in [-0.2, 0) is 4.79 Å². The third kappa shape index (κ3) is 6.33. The highest BCUT2D eigenvalue weighted by atomic mass is 32.2. The number of benzene rings is 3. The molecule has 0 saturated carbocycles. The van der Waals surface area contributed by atoms with Crippen LogP contribution in [0.4, 0.5) is 15.8 Å². The standard InChI is InChI=1S/C24H23FN2O3S/c1-3-30-22-10-5-4-9-21(22)27-23(28)16(2)31-20-8-6-7-19(15-20)26-24(29)17-11-13-18(25)14-12-17/h4-16H,3H2,1-2H3,(H,26,29)(H,27,28). The Morgan fingerprint density at radius 1 is 1.00 bits per heavy atom. The van der Waals surface area contributed by atoms with Crippen LogP contribution in [0.5, 0.6) is 5.75 Å². The third-order valence-electron chi connectivity index (χ3n) is 4.33. The summed E-state index contributed by atoms with van der Waals surface area (Å²) in [6.45, 7) is 4.21. The first-order valence-electron chi connectivity index (χ1n) is 9.82. The fraction of sp³-hybridized carbons (Fsp3) is 0.167. The van der Waals surface area contributed by atoms with Gasteiger partial charge < -0.3 is 15.4 Å². The zero-order chi connectivity index (χ0) is 22.2. The van der Waals surface area contributed by atoms with Gasteiger partial charge >= 0.3 is 0 Å². The van der Waals surface area contributed by atoms with Crippen molar-refractivity contribution >= 4 is 35.0 Å². The molecular formula is C24H23FN2O3S. The van der Waals surface area contributed by atoms with Gasteiger partial charge in [0.2, 0.25) is 5.91 Å². The number of thioether (sulfide) groups is 1. The van der Waals surface area contributed by atoms with Crippen molar-refractivity contribution in [1.29, 1.82) is 0 Å². The number of hydrogen-bond donors (Lipinski definition) is 2. The fourth-order valence-corrected chi connectivity index (χ4v) is 3.72. The van der Waals surface area contributed by atoms with Gasteiger partial charge in [-0.2, -0.15) is 0 Å². The summed E-state index contributed by atoms with van der Waals surface area (Å²) in [5.74, 6) is -0.259. The maximum atomic E-state index is 13.0. The number of para-hydroxylation sites is 2. The predicted molar refractivity (Wildman–Crippen MR) is 122 cm³/mol. The van der Waals surface area contributed by atoms with E-state index in [0.717, 1.165) is 4.90 Å². The minimum absolute atomic E-state index is 0.155. The lowest BCUT2D eigenvalue weighted by atomic mass is 10.2. The summed E-state index contributed by atoms with van der Waals surface area (Å²) in [4.78, 5) is 25.8. The second kappa shape index (κ2) is 10.6. The molecule has 3 aromatic rings. The molecule has 160 valence electrons. The van der Waals surface area contributed by atoms with Crippen molar-refractivity contribution in [1.82, 2.24) is 0 Å². The molecule has 0 fully saturated rings. The van der Waals surface area contributed by atoms with Gasteiger partial charge in [0, 0.05) is 16.1 Å². The molecule has 1 unspecified atom stereocenters. The lowest BCUT2D eigenvalue weighted by Gasteiger charge is -2.15. The van der Waals surface area contributed by atoms with E-state index in [1.54, 1.807) is 24.3 Å². The van der Waals surface area contributed by atoms with E-state index in [-0.39, 0.29) is 17.1 Å². The molecule has 3 aromatic carbocycles. The van der Waals surface area contributed by atoms with E-state index in [9.17, 15) is 14.0 Å². The van der Waals surface area contributed by atoms with Crippen molar-refractivity contribution in [2.45, 2.75) is 24.0 Å². The monoisotopic (exact) mass is 438 g/mol. The minimum Gasteiger partial charge on any atom is -0.492 e. The van der Waals surface area contributed by atoms with Gasteiger partial charge in [0.15, 0.2) is 0 Å². The van der Waals surface area contributed by atoms with Crippen LogP contribution >= 0.6 is 11.8 Å². The first kappa shape index (κ1) is 22.4. The quantitative estimate of drug-likeness (QED) is 0.450. The number of anilines is 2. The van der Waals surface area contributed by atoms with Gasteiger partial charge in [0.1, 0.15) is 11.6 Å². The van der Waals surface area contributed by atoms with E-state index in [4.69, 9.17) is 4.74 Å². The predicted octanol–water partition coefficient (Wildman–Crippen LogP) is 5.60. The number of nitrogens with one attached hydrogen (secondary N) is 2. The van der Waals surface area contributed by atoms with Crippen molar-refractivity contribution in [2.24, 2.45) is 0 Å². The van der Waals surface area contributed by atoms with Gasteiger partial charge in [0.05, 0.1) is 17.5 Å². The zero-order valence-electron chi connectivity index (χ0n) is 17.2. The number of carbonyl (C=O) groups is 2. The smallest absolute Gasteiger partial charge is 0.255 e. The van der Waals surface area contributed by atoms with Crippen LogP contribution in [0.1, 0.15) is 24.2 Å². The number of halogens is 1. The van der Waals surface area contributed by atoms with Gasteiger partial charge in [-0.3, -0.25) is 9.59 Å². The maximum absolute atomic E-state index is 13.0. The van der Waals surface area contributed by atoms with Crippen molar-refractivity contribution < 1.29 is 18.7 Å². The SMILES string of the molecule is CCOc1ccccc1NC(=O)C(C)Sc1cccc(NC(=O)c2ccc(F)cc2)c1. The largest absolute Gasteiger partial charge is 0.492 e. The van der Waals surface area contributed by atoms with E-state index in [2.05, 4.69) is 10.6 Å². The summed E-state index contributed by atoms with van der Waals surface area (Å²) < 4.78 is 18.6. The molecule has 0 aliphatic heterocycles. The van der Waals surface area contributed by atoms with Gasteiger partial charge in [-0.25, -0.2) is 4.39 Å².